The summed E-state index contributed by atoms with van der Waals surface area (Å²) in [6.45, 7) is 4.11. The molecule has 0 aliphatic carbocycles. The van der Waals surface area contributed by atoms with Gasteiger partial charge >= 0.3 is 6.03 Å². The normalized spacial score (nSPS) is 17.5. The highest BCUT2D eigenvalue weighted by Gasteiger charge is 2.20. The molecule has 1 unspecified atom stereocenters. The molecule has 2 amide bonds. The van der Waals surface area contributed by atoms with Crippen LogP contribution in [0.25, 0.3) is 11.3 Å². The second-order valence-corrected chi connectivity index (χ2v) is 6.63. The van der Waals surface area contributed by atoms with Crippen LogP contribution in [0, 0.1) is 0 Å². The van der Waals surface area contributed by atoms with Crippen LogP contribution in [0.4, 0.5) is 10.5 Å². The molecule has 2 aromatic rings. The monoisotopic (exact) mass is 345 g/mol. The molecule has 128 valence electrons. The van der Waals surface area contributed by atoms with Crippen LogP contribution in [0.5, 0.6) is 0 Å². The van der Waals surface area contributed by atoms with E-state index in [0.29, 0.717) is 13.1 Å². The first-order valence-electron chi connectivity index (χ1n) is 8.42. The molecule has 0 saturated carbocycles. The summed E-state index contributed by atoms with van der Waals surface area (Å²) in [6, 6.07) is 7.71. The number of carbonyl (C=O) groups is 1. The average molecular weight is 345 g/mol. The van der Waals surface area contributed by atoms with E-state index in [-0.39, 0.29) is 12.1 Å². The average Bonchev–Trinajstić information content (AvgIpc) is 3.15. The number of benzene rings is 1. The standard InChI is InChI=1S/C18H23N3O2S/c1-2-21(11-16-8-3-4-9-23-16)18(22)20-15-7-5-6-14(10-15)17-12-24-13-19-17/h5-7,10,12-13,16H,2-4,8-9,11H2,1H3,(H,20,22). The van der Waals surface area contributed by atoms with Gasteiger partial charge in [-0.3, -0.25) is 0 Å². The number of hydrogen-bond donors (Lipinski definition) is 1. The molecule has 0 radical (unpaired) electrons. The molecule has 1 N–H and O–H groups in total. The smallest absolute Gasteiger partial charge is 0.321 e. The summed E-state index contributed by atoms with van der Waals surface area (Å²) in [7, 11) is 0. The van der Waals surface area contributed by atoms with Crippen LogP contribution in [0.2, 0.25) is 0 Å². The number of amides is 2. The molecule has 1 saturated heterocycles. The van der Waals surface area contributed by atoms with Crippen LogP contribution in [0.15, 0.2) is 35.2 Å². The zero-order chi connectivity index (χ0) is 16.8. The number of likely N-dealkylation sites (N-methyl/N-ethyl adjacent to an activating group) is 1. The topological polar surface area (TPSA) is 54.5 Å². The van der Waals surface area contributed by atoms with Gasteiger partial charge in [0.05, 0.1) is 17.3 Å². The Labute approximate surface area is 146 Å². The minimum atomic E-state index is -0.0814. The third-order valence-electron chi connectivity index (χ3n) is 4.21. The second kappa shape index (κ2) is 8.26. The fourth-order valence-electron chi connectivity index (χ4n) is 2.87. The quantitative estimate of drug-likeness (QED) is 0.882. The Morgan fingerprint density at radius 3 is 3.08 bits per heavy atom. The van der Waals surface area contributed by atoms with Gasteiger partial charge in [-0.25, -0.2) is 9.78 Å². The van der Waals surface area contributed by atoms with E-state index in [4.69, 9.17) is 4.74 Å². The molecule has 2 heterocycles. The lowest BCUT2D eigenvalue weighted by atomic mass is 10.1. The zero-order valence-electron chi connectivity index (χ0n) is 13.9. The van der Waals surface area contributed by atoms with Crippen LogP contribution >= 0.6 is 11.3 Å². The zero-order valence-corrected chi connectivity index (χ0v) is 14.7. The summed E-state index contributed by atoms with van der Waals surface area (Å²) in [4.78, 5) is 18.7. The highest BCUT2D eigenvalue weighted by molar-refractivity contribution is 7.07. The third-order valence-corrected chi connectivity index (χ3v) is 4.80. The van der Waals surface area contributed by atoms with E-state index in [1.165, 1.54) is 6.42 Å². The number of thiazole rings is 1. The van der Waals surface area contributed by atoms with Crippen LogP contribution in [0.3, 0.4) is 0 Å². The van der Waals surface area contributed by atoms with E-state index < -0.39 is 0 Å². The number of anilines is 1. The van der Waals surface area contributed by atoms with Crippen molar-refractivity contribution in [1.29, 1.82) is 0 Å². The van der Waals surface area contributed by atoms with Crippen molar-refractivity contribution in [2.24, 2.45) is 0 Å². The lowest BCUT2D eigenvalue weighted by Crippen LogP contribution is -2.41. The predicted molar refractivity (Wildman–Crippen MR) is 97.4 cm³/mol. The minimum Gasteiger partial charge on any atom is -0.376 e. The third kappa shape index (κ3) is 4.33. The fraction of sp³-hybridized carbons (Fsp3) is 0.444. The summed E-state index contributed by atoms with van der Waals surface area (Å²) in [5.74, 6) is 0. The van der Waals surface area contributed by atoms with Crippen LogP contribution in [-0.4, -0.2) is 41.7 Å². The first-order valence-corrected chi connectivity index (χ1v) is 9.36. The first kappa shape index (κ1) is 16.9. The van der Waals surface area contributed by atoms with Gasteiger partial charge in [0, 0.05) is 36.3 Å². The van der Waals surface area contributed by atoms with Gasteiger partial charge in [-0.05, 0) is 38.3 Å². The Morgan fingerprint density at radius 1 is 1.46 bits per heavy atom. The Bertz CT molecular complexity index is 654. The number of urea groups is 1. The van der Waals surface area contributed by atoms with E-state index in [1.54, 1.807) is 11.3 Å². The molecule has 0 spiro atoms. The Hall–Kier alpha value is -1.92. The largest absolute Gasteiger partial charge is 0.376 e. The fourth-order valence-corrected chi connectivity index (χ4v) is 3.43. The minimum absolute atomic E-state index is 0.0814. The summed E-state index contributed by atoms with van der Waals surface area (Å²) < 4.78 is 5.75. The maximum Gasteiger partial charge on any atom is 0.321 e. The molecule has 24 heavy (non-hydrogen) atoms. The number of rotatable bonds is 5. The number of carbonyl (C=O) groups excluding carboxylic acids is 1. The Morgan fingerprint density at radius 2 is 2.38 bits per heavy atom. The van der Waals surface area contributed by atoms with Crippen LogP contribution in [0.1, 0.15) is 26.2 Å². The summed E-state index contributed by atoms with van der Waals surface area (Å²) in [6.07, 6.45) is 3.49. The molecule has 1 aromatic carbocycles. The molecule has 1 aliphatic heterocycles. The first-order chi connectivity index (χ1) is 11.8. The molecular formula is C18H23N3O2S. The van der Waals surface area contributed by atoms with Gasteiger partial charge in [-0.1, -0.05) is 12.1 Å². The molecule has 1 atom stereocenters. The SMILES string of the molecule is CCN(CC1CCCCO1)C(=O)Nc1cccc(-c2cscn2)c1. The number of ether oxygens (including phenoxy) is 1. The van der Waals surface area contributed by atoms with E-state index in [0.717, 1.165) is 36.4 Å². The van der Waals surface area contributed by atoms with Gasteiger partial charge in [0.15, 0.2) is 0 Å². The molecule has 3 rings (SSSR count). The maximum atomic E-state index is 12.6. The van der Waals surface area contributed by atoms with Crippen molar-refractivity contribution in [3.05, 3.63) is 35.2 Å². The summed E-state index contributed by atoms with van der Waals surface area (Å²) in [5, 5.41) is 4.99. The lowest BCUT2D eigenvalue weighted by Gasteiger charge is -2.29. The molecule has 6 heteroatoms. The number of hydrogen-bond acceptors (Lipinski definition) is 4. The van der Waals surface area contributed by atoms with Crippen molar-refractivity contribution in [2.75, 3.05) is 25.0 Å². The molecule has 1 fully saturated rings. The van der Waals surface area contributed by atoms with Gasteiger partial charge in [0.25, 0.3) is 0 Å². The van der Waals surface area contributed by atoms with Gasteiger partial charge in [0.1, 0.15) is 0 Å². The van der Waals surface area contributed by atoms with E-state index in [1.807, 2.05) is 47.0 Å². The Kier molecular flexibility index (Phi) is 5.82. The van der Waals surface area contributed by atoms with Crippen molar-refractivity contribution >= 4 is 23.1 Å². The maximum absolute atomic E-state index is 12.6. The molecule has 5 nitrogen and oxygen atoms in total. The van der Waals surface area contributed by atoms with Crippen molar-refractivity contribution in [3.8, 4) is 11.3 Å². The van der Waals surface area contributed by atoms with Gasteiger partial charge in [0.2, 0.25) is 0 Å². The van der Waals surface area contributed by atoms with Gasteiger partial charge in [-0.15, -0.1) is 11.3 Å². The second-order valence-electron chi connectivity index (χ2n) is 5.91. The van der Waals surface area contributed by atoms with Crippen molar-refractivity contribution in [3.63, 3.8) is 0 Å². The lowest BCUT2D eigenvalue weighted by molar-refractivity contribution is 0.00221. The number of nitrogens with one attached hydrogen (secondary N) is 1. The van der Waals surface area contributed by atoms with E-state index >= 15 is 0 Å². The van der Waals surface area contributed by atoms with Crippen molar-refractivity contribution in [2.45, 2.75) is 32.3 Å². The van der Waals surface area contributed by atoms with Gasteiger partial charge < -0.3 is 15.0 Å². The molecule has 1 aliphatic rings. The highest BCUT2D eigenvalue weighted by Crippen LogP contribution is 2.22. The van der Waals surface area contributed by atoms with Crippen molar-refractivity contribution in [1.82, 2.24) is 9.88 Å². The summed E-state index contributed by atoms with van der Waals surface area (Å²) in [5.41, 5.74) is 4.53. The molecule has 0 bridgehead atoms. The molecule has 1 aromatic heterocycles. The van der Waals surface area contributed by atoms with Crippen LogP contribution in [-0.2, 0) is 4.74 Å². The van der Waals surface area contributed by atoms with Crippen molar-refractivity contribution < 1.29 is 9.53 Å². The predicted octanol–water partition coefficient (Wildman–Crippen LogP) is 4.23. The highest BCUT2D eigenvalue weighted by atomic mass is 32.1. The molecular weight excluding hydrogens is 322 g/mol. The summed E-state index contributed by atoms with van der Waals surface area (Å²) >= 11 is 1.56. The van der Waals surface area contributed by atoms with E-state index in [2.05, 4.69) is 10.3 Å². The van der Waals surface area contributed by atoms with E-state index in [9.17, 15) is 4.79 Å². The Balaban J connectivity index is 1.63. The van der Waals surface area contributed by atoms with Crippen LogP contribution < -0.4 is 5.32 Å². The number of aromatic nitrogens is 1. The number of nitrogens with zero attached hydrogens (tertiary/aromatic N) is 2. The van der Waals surface area contributed by atoms with Gasteiger partial charge in [-0.2, -0.15) is 0 Å².